The molecule has 1 N–H and O–H groups in total. The van der Waals surface area contributed by atoms with Crippen molar-refractivity contribution in [2.45, 2.75) is 13.5 Å². The van der Waals surface area contributed by atoms with Gasteiger partial charge in [-0.3, -0.25) is 9.78 Å². The number of carbonyl (C=O) groups is 1. The van der Waals surface area contributed by atoms with Gasteiger partial charge in [-0.2, -0.15) is 0 Å². The molecule has 0 aliphatic rings. The van der Waals surface area contributed by atoms with Crippen molar-refractivity contribution in [3.8, 4) is 16.9 Å². The Hall–Kier alpha value is -3.94. The molecule has 0 aliphatic carbocycles. The Balaban J connectivity index is 1.73. The molecule has 0 saturated carbocycles. The number of aryl methyl sites for hydroxylation is 1. The number of halogens is 2. The van der Waals surface area contributed by atoms with Gasteiger partial charge in [0.25, 0.3) is 5.91 Å². The summed E-state index contributed by atoms with van der Waals surface area (Å²) in [4.78, 5) is 16.9. The molecule has 0 radical (unpaired) electrons. The molecule has 8 heteroatoms. The number of hydrogen-bond donors (Lipinski definition) is 1. The SMILES string of the molecule is Cc1cc(-n2nnc(C(=O)NCc3ccccc3F)c2-c2ccncc2)ccc1F. The van der Waals surface area contributed by atoms with Crippen LogP contribution in [0.4, 0.5) is 8.78 Å². The maximum absolute atomic E-state index is 13.9. The summed E-state index contributed by atoms with van der Waals surface area (Å²) in [5, 5.41) is 10.8. The van der Waals surface area contributed by atoms with Crippen molar-refractivity contribution in [2.24, 2.45) is 0 Å². The second kappa shape index (κ2) is 8.20. The number of nitrogens with one attached hydrogen (secondary N) is 1. The highest BCUT2D eigenvalue weighted by Crippen LogP contribution is 2.26. The second-order valence-electron chi connectivity index (χ2n) is 6.64. The number of rotatable bonds is 5. The van der Waals surface area contributed by atoms with Gasteiger partial charge < -0.3 is 5.32 Å². The van der Waals surface area contributed by atoms with Crippen LogP contribution in [0.2, 0.25) is 0 Å². The third kappa shape index (κ3) is 3.80. The predicted molar refractivity (Wildman–Crippen MR) is 107 cm³/mol. The van der Waals surface area contributed by atoms with E-state index in [1.165, 1.54) is 16.8 Å². The number of pyridine rings is 1. The Morgan fingerprint density at radius 2 is 1.80 bits per heavy atom. The topological polar surface area (TPSA) is 72.7 Å². The van der Waals surface area contributed by atoms with E-state index in [4.69, 9.17) is 0 Å². The summed E-state index contributed by atoms with van der Waals surface area (Å²) >= 11 is 0. The molecule has 1 amide bonds. The summed E-state index contributed by atoms with van der Waals surface area (Å²) in [5.74, 6) is -1.25. The maximum atomic E-state index is 13.9. The van der Waals surface area contributed by atoms with Crippen LogP contribution in [0.1, 0.15) is 21.6 Å². The largest absolute Gasteiger partial charge is 0.346 e. The number of nitrogens with zero attached hydrogens (tertiary/aromatic N) is 4. The number of amides is 1. The smallest absolute Gasteiger partial charge is 0.274 e. The molecule has 2 heterocycles. The Labute approximate surface area is 171 Å². The molecule has 2 aromatic heterocycles. The molecule has 30 heavy (non-hydrogen) atoms. The number of benzene rings is 2. The third-order valence-electron chi connectivity index (χ3n) is 4.62. The molecular formula is C22H17F2N5O. The average Bonchev–Trinajstić information content (AvgIpc) is 3.21. The van der Waals surface area contributed by atoms with Gasteiger partial charge in [-0.05, 0) is 48.9 Å². The van der Waals surface area contributed by atoms with Crippen molar-refractivity contribution < 1.29 is 13.6 Å². The van der Waals surface area contributed by atoms with Crippen molar-refractivity contribution in [1.29, 1.82) is 0 Å². The summed E-state index contributed by atoms with van der Waals surface area (Å²) < 4.78 is 29.1. The quantitative estimate of drug-likeness (QED) is 0.548. The lowest BCUT2D eigenvalue weighted by Gasteiger charge is -2.10. The van der Waals surface area contributed by atoms with E-state index in [1.54, 1.807) is 61.8 Å². The number of hydrogen-bond acceptors (Lipinski definition) is 4. The van der Waals surface area contributed by atoms with Crippen molar-refractivity contribution >= 4 is 5.91 Å². The van der Waals surface area contributed by atoms with Crippen LogP contribution in [0.5, 0.6) is 0 Å². The minimum Gasteiger partial charge on any atom is -0.346 e. The van der Waals surface area contributed by atoms with Crippen LogP contribution in [0.3, 0.4) is 0 Å². The van der Waals surface area contributed by atoms with E-state index in [0.29, 0.717) is 28.1 Å². The Morgan fingerprint density at radius 1 is 1.03 bits per heavy atom. The molecule has 4 aromatic rings. The van der Waals surface area contributed by atoms with Gasteiger partial charge in [-0.15, -0.1) is 5.10 Å². The molecule has 150 valence electrons. The predicted octanol–water partition coefficient (Wildman–Crippen LogP) is 3.85. The fourth-order valence-electron chi connectivity index (χ4n) is 3.05. The van der Waals surface area contributed by atoms with Crippen LogP contribution in [-0.2, 0) is 6.54 Å². The van der Waals surface area contributed by atoms with E-state index in [2.05, 4.69) is 20.6 Å². The monoisotopic (exact) mass is 405 g/mol. The maximum Gasteiger partial charge on any atom is 0.274 e. The lowest BCUT2D eigenvalue weighted by molar-refractivity contribution is 0.0946. The van der Waals surface area contributed by atoms with Crippen molar-refractivity contribution in [1.82, 2.24) is 25.3 Å². The zero-order chi connectivity index (χ0) is 21.1. The normalized spacial score (nSPS) is 10.8. The first-order valence-corrected chi connectivity index (χ1v) is 9.19. The summed E-state index contributed by atoms with van der Waals surface area (Å²) in [7, 11) is 0. The molecular weight excluding hydrogens is 388 g/mol. The molecule has 0 atom stereocenters. The molecule has 0 spiro atoms. The zero-order valence-corrected chi connectivity index (χ0v) is 16.0. The minimum atomic E-state index is -0.504. The molecule has 0 bridgehead atoms. The molecule has 0 fully saturated rings. The summed E-state index contributed by atoms with van der Waals surface area (Å²) in [6, 6.07) is 14.2. The van der Waals surface area contributed by atoms with E-state index in [0.717, 1.165) is 0 Å². The Kier molecular flexibility index (Phi) is 5.30. The van der Waals surface area contributed by atoms with Gasteiger partial charge in [-0.1, -0.05) is 23.4 Å². The molecule has 0 saturated heterocycles. The van der Waals surface area contributed by atoms with E-state index >= 15 is 0 Å². The van der Waals surface area contributed by atoms with E-state index < -0.39 is 11.7 Å². The van der Waals surface area contributed by atoms with Crippen LogP contribution >= 0.6 is 0 Å². The lowest BCUT2D eigenvalue weighted by atomic mass is 10.1. The summed E-state index contributed by atoms with van der Waals surface area (Å²) in [6.07, 6.45) is 3.17. The van der Waals surface area contributed by atoms with Crippen LogP contribution in [-0.4, -0.2) is 25.9 Å². The van der Waals surface area contributed by atoms with Gasteiger partial charge in [0, 0.05) is 30.1 Å². The first-order valence-electron chi connectivity index (χ1n) is 9.19. The van der Waals surface area contributed by atoms with Gasteiger partial charge in [0.15, 0.2) is 5.69 Å². The van der Waals surface area contributed by atoms with E-state index in [9.17, 15) is 13.6 Å². The van der Waals surface area contributed by atoms with Gasteiger partial charge in [-0.25, -0.2) is 13.5 Å². The highest BCUT2D eigenvalue weighted by molar-refractivity contribution is 5.98. The van der Waals surface area contributed by atoms with Crippen LogP contribution in [0, 0.1) is 18.6 Å². The fourth-order valence-corrected chi connectivity index (χ4v) is 3.05. The van der Waals surface area contributed by atoms with Gasteiger partial charge in [0.2, 0.25) is 0 Å². The van der Waals surface area contributed by atoms with Crippen LogP contribution < -0.4 is 5.32 Å². The van der Waals surface area contributed by atoms with Gasteiger partial charge in [0.05, 0.1) is 5.69 Å². The standard InChI is InChI=1S/C22H17F2N5O/c1-14-12-17(6-7-18(14)23)29-21(15-8-10-25-11-9-15)20(27-28-29)22(30)26-13-16-4-2-3-5-19(16)24/h2-12H,13H2,1H3,(H,26,30). The zero-order valence-electron chi connectivity index (χ0n) is 16.0. The molecule has 6 nitrogen and oxygen atoms in total. The number of carbonyl (C=O) groups excluding carboxylic acids is 1. The van der Waals surface area contributed by atoms with Crippen molar-refractivity contribution in [3.05, 3.63) is 95.4 Å². The first kappa shape index (κ1) is 19.4. The average molecular weight is 405 g/mol. The lowest BCUT2D eigenvalue weighted by Crippen LogP contribution is -2.24. The highest BCUT2D eigenvalue weighted by Gasteiger charge is 2.22. The molecule has 2 aromatic carbocycles. The van der Waals surface area contributed by atoms with E-state index in [-0.39, 0.29) is 18.1 Å². The molecule has 0 aliphatic heterocycles. The van der Waals surface area contributed by atoms with Gasteiger partial charge >= 0.3 is 0 Å². The minimum absolute atomic E-state index is 0.00378. The number of aromatic nitrogens is 4. The fraction of sp³-hybridized carbons (Fsp3) is 0.0909. The third-order valence-corrected chi connectivity index (χ3v) is 4.62. The molecule has 4 rings (SSSR count). The van der Waals surface area contributed by atoms with Crippen molar-refractivity contribution in [3.63, 3.8) is 0 Å². The second-order valence-corrected chi connectivity index (χ2v) is 6.64. The Morgan fingerprint density at radius 3 is 2.53 bits per heavy atom. The van der Waals surface area contributed by atoms with Crippen LogP contribution in [0.25, 0.3) is 16.9 Å². The van der Waals surface area contributed by atoms with Crippen molar-refractivity contribution in [2.75, 3.05) is 0 Å². The summed E-state index contributed by atoms with van der Waals surface area (Å²) in [6.45, 7) is 1.65. The van der Waals surface area contributed by atoms with E-state index in [1.807, 2.05) is 0 Å². The van der Waals surface area contributed by atoms with Crippen LogP contribution in [0.15, 0.2) is 67.0 Å². The summed E-state index contributed by atoms with van der Waals surface area (Å²) in [5.41, 5.74) is 2.51. The Bertz CT molecular complexity index is 1210. The first-order chi connectivity index (χ1) is 14.5. The highest BCUT2D eigenvalue weighted by atomic mass is 19.1. The van der Waals surface area contributed by atoms with Gasteiger partial charge in [0.1, 0.15) is 17.3 Å². The molecule has 0 unspecified atom stereocenters.